The molecule has 0 atom stereocenters. The number of phosphoric acid groups is 1. The average molecular weight is 331 g/mol. The van der Waals surface area contributed by atoms with Gasteiger partial charge in [-0.25, -0.2) is 8.42 Å². The number of hydrogen-bond acceptors (Lipinski definition) is 7. The van der Waals surface area contributed by atoms with Gasteiger partial charge in [-0.1, -0.05) is 0 Å². The van der Waals surface area contributed by atoms with Crippen molar-refractivity contribution in [2.75, 3.05) is 0 Å². The number of hydrogen-bond donors (Lipinski definition) is 1. The SMILES string of the molecule is O=P([O-])([O-])[O-].O=S(=O)([O-])O.[Ca+2].[Cl-].[K+].[Mg+2]. The van der Waals surface area contributed by atoms with E-state index >= 15 is 0 Å². The molecule has 0 aromatic heterocycles. The molecule has 0 aromatic carbocycles. The maximum absolute atomic E-state index is 8.63. The van der Waals surface area contributed by atoms with Crippen LogP contribution in [-0.2, 0) is 15.0 Å². The molecule has 0 heterocycles. The first kappa shape index (κ1) is 36.1. The molecule has 0 fully saturated rings. The Hall–Kier alpha value is 3.93. The maximum Gasteiger partial charge on any atom is 2.00 e. The monoisotopic (exact) mass is 330 g/mol. The second-order valence-electron chi connectivity index (χ2n) is 0.875. The van der Waals surface area contributed by atoms with E-state index in [9.17, 15) is 0 Å². The van der Waals surface area contributed by atoms with Gasteiger partial charge in [-0.2, -0.15) is 7.82 Å². The largest absolute Gasteiger partial charge is 2.00 e. The predicted octanol–water partition coefficient (Wildman–Crippen LogP) is -10.6. The van der Waals surface area contributed by atoms with Crippen LogP contribution in [0.15, 0.2) is 0 Å². The molecule has 14 heteroatoms. The molecule has 0 aliphatic rings. The maximum atomic E-state index is 8.63. The van der Waals surface area contributed by atoms with Gasteiger partial charge < -0.3 is 36.2 Å². The van der Waals surface area contributed by atoms with Crippen LogP contribution in [0, 0.1) is 0 Å². The Morgan fingerprint density at radius 2 is 1.14 bits per heavy atom. The molecule has 0 saturated heterocycles. The van der Waals surface area contributed by atoms with E-state index in [1.54, 1.807) is 0 Å². The Bertz CT molecular complexity index is 207. The average Bonchev–Trinajstić information content (AvgIpc) is 1.12. The minimum absolute atomic E-state index is 0. The van der Waals surface area contributed by atoms with E-state index in [1.165, 1.54) is 0 Å². The first-order valence-electron chi connectivity index (χ1n) is 1.41. The minimum atomic E-state index is -5.39. The quantitative estimate of drug-likeness (QED) is 0.198. The van der Waals surface area contributed by atoms with Crippen molar-refractivity contribution in [3.05, 3.63) is 0 Å². The summed E-state index contributed by atoms with van der Waals surface area (Å²) < 4.78 is 41.4. The summed E-state index contributed by atoms with van der Waals surface area (Å²) in [6, 6.07) is 0. The molecular weight excluding hydrogens is 330 g/mol. The van der Waals surface area contributed by atoms with E-state index in [-0.39, 0.29) is 125 Å². The van der Waals surface area contributed by atoms with Crippen molar-refractivity contribution < 1.29 is 101 Å². The Balaban J connectivity index is -0.0000000178. The molecular formula is HCaClKMgO8PS. The summed E-state index contributed by atoms with van der Waals surface area (Å²) in [6.45, 7) is 0. The van der Waals surface area contributed by atoms with Crippen molar-refractivity contribution in [2.45, 2.75) is 0 Å². The van der Waals surface area contributed by atoms with E-state index < -0.39 is 18.2 Å². The van der Waals surface area contributed by atoms with E-state index in [4.69, 9.17) is 36.8 Å². The zero-order valence-corrected chi connectivity index (χ0v) is 16.2. The van der Waals surface area contributed by atoms with Crippen molar-refractivity contribution in [2.24, 2.45) is 0 Å². The Labute approximate surface area is 175 Å². The van der Waals surface area contributed by atoms with Crippen molar-refractivity contribution in [3.63, 3.8) is 0 Å². The second-order valence-corrected chi connectivity index (χ2v) is 2.62. The van der Waals surface area contributed by atoms with Gasteiger partial charge in [-0.3, -0.25) is 4.55 Å². The molecule has 0 aliphatic carbocycles. The number of halogens is 1. The standard InChI is InChI=1S/Ca.ClH.K.Mg.H3O4P.H2O4S/c;;;;2*1-5(2,3)4/h;1H;;;(H3,1,2,3,4);(H2,1,2,3,4)/q+2;;+1;+2;;/p-5. The first-order chi connectivity index (χ1) is 4.00. The van der Waals surface area contributed by atoms with Crippen LogP contribution in [0.2, 0.25) is 0 Å². The van der Waals surface area contributed by atoms with Gasteiger partial charge in [0.15, 0.2) is 0 Å². The predicted molar refractivity (Wildman–Crippen MR) is 31.4 cm³/mol. The summed E-state index contributed by atoms with van der Waals surface area (Å²) >= 11 is 0. The van der Waals surface area contributed by atoms with Crippen molar-refractivity contribution >= 4 is 79.0 Å². The third-order valence-electron chi connectivity index (χ3n) is 0. The van der Waals surface area contributed by atoms with Crippen LogP contribution in [0.5, 0.6) is 0 Å². The van der Waals surface area contributed by atoms with Crippen molar-refractivity contribution in [1.82, 2.24) is 0 Å². The molecule has 0 aromatic rings. The molecule has 1 N–H and O–H groups in total. The number of rotatable bonds is 0. The van der Waals surface area contributed by atoms with E-state index in [1.807, 2.05) is 0 Å². The zero-order chi connectivity index (χ0) is 9.00. The Morgan fingerprint density at radius 1 is 1.14 bits per heavy atom. The van der Waals surface area contributed by atoms with E-state index in [0.29, 0.717) is 0 Å². The molecule has 0 radical (unpaired) electrons. The van der Waals surface area contributed by atoms with Gasteiger partial charge in [0, 0.05) is 0 Å². The summed E-state index contributed by atoms with van der Waals surface area (Å²) in [5.74, 6) is 0. The third kappa shape index (κ3) is 230. The van der Waals surface area contributed by atoms with Gasteiger partial charge in [-0.15, -0.1) is 0 Å². The molecule has 0 amide bonds. The fourth-order valence-electron chi connectivity index (χ4n) is 0. The summed E-state index contributed by atoms with van der Waals surface area (Å²) in [4.78, 5) is 25.6. The molecule has 14 heavy (non-hydrogen) atoms. The van der Waals surface area contributed by atoms with Gasteiger partial charge in [-0.05, 0) is 0 Å². The normalized spacial score (nSPS) is 8.36. The Morgan fingerprint density at radius 3 is 1.14 bits per heavy atom. The molecule has 0 aliphatic heterocycles. The Kier molecular flexibility index (Phi) is 43.7. The third-order valence-corrected chi connectivity index (χ3v) is 0. The van der Waals surface area contributed by atoms with Gasteiger partial charge in [0.1, 0.15) is 0 Å². The summed E-state index contributed by atoms with van der Waals surface area (Å²) in [5.41, 5.74) is 0. The second kappa shape index (κ2) is 16.9. The summed E-state index contributed by atoms with van der Waals surface area (Å²) in [7, 11) is -10.3. The van der Waals surface area contributed by atoms with Crippen LogP contribution >= 0.6 is 7.82 Å². The molecule has 0 spiro atoms. The van der Waals surface area contributed by atoms with Crippen LogP contribution in [-0.4, -0.2) is 78.3 Å². The zero-order valence-electron chi connectivity index (χ0n) is 6.95. The van der Waals surface area contributed by atoms with Crippen LogP contribution in [0.1, 0.15) is 0 Å². The van der Waals surface area contributed by atoms with E-state index in [0.717, 1.165) is 0 Å². The fraction of sp³-hybridized carbons (Fsp3) is 0. The minimum Gasteiger partial charge on any atom is -1.00 e. The van der Waals surface area contributed by atoms with Gasteiger partial charge in [0.05, 0.1) is 0 Å². The molecule has 0 unspecified atom stereocenters. The molecule has 72 valence electrons. The van der Waals surface area contributed by atoms with Gasteiger partial charge >= 0.3 is 112 Å². The van der Waals surface area contributed by atoms with Crippen molar-refractivity contribution in [1.29, 1.82) is 0 Å². The molecule has 0 bridgehead atoms. The fourth-order valence-corrected chi connectivity index (χ4v) is 0. The first-order valence-corrected chi connectivity index (χ1v) is 4.24. The smallest absolute Gasteiger partial charge is 1.00 e. The van der Waals surface area contributed by atoms with Gasteiger partial charge in [0.2, 0.25) is 10.4 Å². The van der Waals surface area contributed by atoms with Crippen LogP contribution in [0.4, 0.5) is 0 Å². The van der Waals surface area contributed by atoms with E-state index in [2.05, 4.69) is 0 Å². The van der Waals surface area contributed by atoms with Gasteiger partial charge in [0.25, 0.3) is 0 Å². The summed E-state index contributed by atoms with van der Waals surface area (Å²) in [5, 5.41) is 0. The molecule has 8 nitrogen and oxygen atoms in total. The van der Waals surface area contributed by atoms with Crippen LogP contribution in [0.3, 0.4) is 0 Å². The summed E-state index contributed by atoms with van der Waals surface area (Å²) in [6.07, 6.45) is 0. The molecule has 0 rings (SSSR count). The molecule has 0 saturated carbocycles. The van der Waals surface area contributed by atoms with Crippen LogP contribution < -0.4 is 78.5 Å². The van der Waals surface area contributed by atoms with Crippen molar-refractivity contribution in [3.8, 4) is 0 Å². The topological polar surface area (TPSA) is 164 Å². The van der Waals surface area contributed by atoms with Crippen LogP contribution in [0.25, 0.3) is 0 Å².